The molecule has 1 amide bonds. The molecular formula is C30H38N2O7. The minimum Gasteiger partial charge on any atom is -0.494 e. The number of aliphatic carboxylic acids is 1. The van der Waals surface area contributed by atoms with Crippen molar-refractivity contribution >= 4 is 12.1 Å². The predicted molar refractivity (Wildman–Crippen MR) is 147 cm³/mol. The Morgan fingerprint density at radius 3 is 2.54 bits per heavy atom. The molecule has 0 radical (unpaired) electrons. The van der Waals surface area contributed by atoms with Crippen LogP contribution in [0.3, 0.4) is 0 Å². The first-order chi connectivity index (χ1) is 18.7. The molecule has 3 rings (SSSR count). The Morgan fingerprint density at radius 1 is 1.03 bits per heavy atom. The smallest absolute Gasteiger partial charge is 0.407 e. The number of rotatable bonds is 15. The molecule has 9 heteroatoms. The number of hydrogen-bond donors (Lipinski definition) is 2. The molecule has 0 atom stereocenters. The number of carboxylic acids is 1. The Balaban J connectivity index is 1.63. The van der Waals surface area contributed by atoms with Crippen LogP contribution in [-0.4, -0.2) is 41.5 Å². The zero-order valence-electron chi connectivity index (χ0n) is 23.1. The van der Waals surface area contributed by atoms with Crippen LogP contribution < -0.4 is 14.8 Å². The number of nitrogens with zero attached hydrogens (tertiary/aromatic N) is 1. The van der Waals surface area contributed by atoms with Crippen LogP contribution >= 0.6 is 0 Å². The SMILES string of the molecule is CCCCOc1cccc(-c2nc(CCOc3ccc(CCC(=O)O)c(CNC(=O)OC(C)C)c3)c(C)o2)c1. The second kappa shape index (κ2) is 14.8. The lowest BCUT2D eigenvalue weighted by Gasteiger charge is -2.14. The number of nitrogens with one attached hydrogen (secondary N) is 1. The molecule has 2 N–H and O–H groups in total. The minimum atomic E-state index is -0.883. The summed E-state index contributed by atoms with van der Waals surface area (Å²) in [5.74, 6) is 1.78. The van der Waals surface area contributed by atoms with Crippen molar-refractivity contribution in [2.75, 3.05) is 13.2 Å². The van der Waals surface area contributed by atoms with Gasteiger partial charge in [-0.3, -0.25) is 4.79 Å². The van der Waals surface area contributed by atoms with Crippen molar-refractivity contribution in [2.24, 2.45) is 0 Å². The number of benzene rings is 2. The highest BCUT2D eigenvalue weighted by atomic mass is 16.6. The maximum atomic E-state index is 12.0. The molecule has 0 fully saturated rings. The van der Waals surface area contributed by atoms with E-state index >= 15 is 0 Å². The number of carboxylic acid groups (broad SMARTS) is 1. The summed E-state index contributed by atoms with van der Waals surface area (Å²) in [6.07, 6.45) is 2.18. The van der Waals surface area contributed by atoms with Crippen molar-refractivity contribution in [2.45, 2.75) is 72.4 Å². The van der Waals surface area contributed by atoms with E-state index < -0.39 is 12.1 Å². The highest BCUT2D eigenvalue weighted by Gasteiger charge is 2.14. The molecule has 3 aromatic rings. The molecule has 0 saturated carbocycles. The molecule has 0 saturated heterocycles. The van der Waals surface area contributed by atoms with Gasteiger partial charge in [0, 0.05) is 24.9 Å². The number of aromatic nitrogens is 1. The van der Waals surface area contributed by atoms with Gasteiger partial charge in [0.15, 0.2) is 0 Å². The van der Waals surface area contributed by atoms with E-state index in [4.69, 9.17) is 23.7 Å². The number of alkyl carbamates (subject to hydrolysis) is 1. The highest BCUT2D eigenvalue weighted by molar-refractivity contribution is 5.68. The molecule has 9 nitrogen and oxygen atoms in total. The summed E-state index contributed by atoms with van der Waals surface area (Å²) in [5, 5.41) is 11.8. The monoisotopic (exact) mass is 538 g/mol. The molecular weight excluding hydrogens is 500 g/mol. The zero-order chi connectivity index (χ0) is 28.2. The number of hydrogen-bond acceptors (Lipinski definition) is 7. The van der Waals surface area contributed by atoms with E-state index in [0.717, 1.165) is 46.7 Å². The fourth-order valence-electron chi connectivity index (χ4n) is 3.87. The van der Waals surface area contributed by atoms with Crippen molar-refractivity contribution in [3.63, 3.8) is 0 Å². The maximum absolute atomic E-state index is 12.0. The third-order valence-corrected chi connectivity index (χ3v) is 5.90. The molecule has 0 aliphatic rings. The van der Waals surface area contributed by atoms with Gasteiger partial charge in [-0.05, 0) is 75.1 Å². The first-order valence-corrected chi connectivity index (χ1v) is 13.4. The molecule has 210 valence electrons. The summed E-state index contributed by atoms with van der Waals surface area (Å²) < 4.78 is 22.8. The third-order valence-electron chi connectivity index (χ3n) is 5.90. The molecule has 0 bridgehead atoms. The number of ether oxygens (including phenoxy) is 3. The van der Waals surface area contributed by atoms with E-state index in [1.807, 2.05) is 43.3 Å². The van der Waals surface area contributed by atoms with Gasteiger partial charge >= 0.3 is 12.1 Å². The van der Waals surface area contributed by atoms with Gasteiger partial charge in [0.2, 0.25) is 5.89 Å². The van der Waals surface area contributed by atoms with Gasteiger partial charge in [0.05, 0.1) is 25.0 Å². The summed E-state index contributed by atoms with van der Waals surface area (Å²) in [5.41, 5.74) is 3.26. The van der Waals surface area contributed by atoms with E-state index in [-0.39, 0.29) is 19.1 Å². The van der Waals surface area contributed by atoms with E-state index in [1.165, 1.54) is 0 Å². The van der Waals surface area contributed by atoms with Crippen molar-refractivity contribution < 1.29 is 33.3 Å². The lowest BCUT2D eigenvalue weighted by Crippen LogP contribution is -2.26. The Hall–Kier alpha value is -4.01. The normalized spacial score (nSPS) is 10.9. The lowest BCUT2D eigenvalue weighted by molar-refractivity contribution is -0.136. The first kappa shape index (κ1) is 29.5. The molecule has 0 aliphatic carbocycles. The largest absolute Gasteiger partial charge is 0.494 e. The maximum Gasteiger partial charge on any atom is 0.407 e. The molecule has 1 aromatic heterocycles. The summed E-state index contributed by atoms with van der Waals surface area (Å²) in [4.78, 5) is 27.7. The molecule has 1 heterocycles. The summed E-state index contributed by atoms with van der Waals surface area (Å²) in [7, 11) is 0. The van der Waals surface area contributed by atoms with E-state index in [1.54, 1.807) is 19.9 Å². The average Bonchev–Trinajstić information content (AvgIpc) is 3.27. The Labute approximate surface area is 229 Å². The van der Waals surface area contributed by atoms with E-state index in [0.29, 0.717) is 37.7 Å². The number of carbonyl (C=O) groups is 2. The van der Waals surface area contributed by atoms with Gasteiger partial charge in [-0.1, -0.05) is 25.5 Å². The molecule has 0 spiro atoms. The van der Waals surface area contributed by atoms with Crippen LogP contribution in [0.5, 0.6) is 11.5 Å². The Morgan fingerprint density at radius 2 is 1.79 bits per heavy atom. The third kappa shape index (κ3) is 9.67. The van der Waals surface area contributed by atoms with Crippen molar-refractivity contribution in [1.82, 2.24) is 10.3 Å². The Bertz CT molecular complexity index is 1240. The van der Waals surface area contributed by atoms with Crippen LogP contribution in [0.25, 0.3) is 11.5 Å². The van der Waals surface area contributed by atoms with Crippen molar-refractivity contribution in [3.05, 3.63) is 65.0 Å². The average molecular weight is 539 g/mol. The van der Waals surface area contributed by atoms with Crippen LogP contribution in [0.4, 0.5) is 4.79 Å². The Kier molecular flexibility index (Phi) is 11.2. The van der Waals surface area contributed by atoms with Gasteiger partial charge in [0.25, 0.3) is 0 Å². The molecule has 0 unspecified atom stereocenters. The van der Waals surface area contributed by atoms with Crippen LogP contribution in [0.2, 0.25) is 0 Å². The minimum absolute atomic E-state index is 0.00874. The number of amides is 1. The fraction of sp³-hybridized carbons (Fsp3) is 0.433. The zero-order valence-corrected chi connectivity index (χ0v) is 23.1. The van der Waals surface area contributed by atoms with Crippen LogP contribution in [0.1, 0.15) is 62.6 Å². The second-order valence-electron chi connectivity index (χ2n) is 9.48. The molecule has 2 aromatic carbocycles. The highest BCUT2D eigenvalue weighted by Crippen LogP contribution is 2.26. The van der Waals surface area contributed by atoms with Crippen molar-refractivity contribution in [1.29, 1.82) is 0 Å². The lowest BCUT2D eigenvalue weighted by atomic mass is 10.0. The van der Waals surface area contributed by atoms with Gasteiger partial charge in [-0.25, -0.2) is 9.78 Å². The second-order valence-corrected chi connectivity index (χ2v) is 9.48. The van der Waals surface area contributed by atoms with Crippen LogP contribution in [0, 0.1) is 6.92 Å². The van der Waals surface area contributed by atoms with E-state index in [9.17, 15) is 9.59 Å². The summed E-state index contributed by atoms with van der Waals surface area (Å²) in [6, 6.07) is 13.2. The van der Waals surface area contributed by atoms with E-state index in [2.05, 4.69) is 17.2 Å². The molecule has 0 aliphatic heterocycles. The van der Waals surface area contributed by atoms with Crippen molar-refractivity contribution in [3.8, 4) is 23.0 Å². The number of carbonyl (C=O) groups excluding carboxylic acids is 1. The summed E-state index contributed by atoms with van der Waals surface area (Å²) in [6.45, 7) is 8.78. The van der Waals surface area contributed by atoms with Gasteiger partial charge in [-0.15, -0.1) is 0 Å². The number of oxazole rings is 1. The topological polar surface area (TPSA) is 120 Å². The predicted octanol–water partition coefficient (Wildman–Crippen LogP) is 6.10. The number of aryl methyl sites for hydroxylation is 2. The summed E-state index contributed by atoms with van der Waals surface area (Å²) >= 11 is 0. The standard InChI is InChI=1S/C30H38N2O7/c1-5-6-15-36-25-9-7-8-23(17-25)29-32-27(21(4)39-29)14-16-37-26-12-10-22(11-13-28(33)34)24(18-26)19-31-30(35)38-20(2)3/h7-10,12,17-18,20H,5-6,11,13-16,19H2,1-4H3,(H,31,35)(H,33,34). The van der Waals surface area contributed by atoms with Crippen LogP contribution in [-0.2, 0) is 28.9 Å². The van der Waals surface area contributed by atoms with Crippen LogP contribution in [0.15, 0.2) is 46.9 Å². The fourth-order valence-corrected chi connectivity index (χ4v) is 3.87. The van der Waals surface area contributed by atoms with Gasteiger partial charge < -0.3 is 29.1 Å². The molecule has 39 heavy (non-hydrogen) atoms. The number of unbranched alkanes of at least 4 members (excludes halogenated alkanes) is 1. The first-order valence-electron chi connectivity index (χ1n) is 13.4. The quantitative estimate of drug-likeness (QED) is 0.223. The van der Waals surface area contributed by atoms with Gasteiger partial charge in [0.1, 0.15) is 17.3 Å². The van der Waals surface area contributed by atoms with Gasteiger partial charge in [-0.2, -0.15) is 0 Å².